The first kappa shape index (κ1) is 12.1. The van der Waals surface area contributed by atoms with Gasteiger partial charge < -0.3 is 4.84 Å². The molecular weight excluding hydrogens is 200 g/mol. The first-order valence-corrected chi connectivity index (χ1v) is 4.67. The molecule has 0 unspecified atom stereocenters. The topological polar surface area (TPSA) is 35.2 Å². The molecule has 1 rings (SSSR count). The highest BCUT2D eigenvalue weighted by Gasteiger charge is 2.48. The van der Waals surface area contributed by atoms with Crippen LogP contribution >= 0.6 is 0 Å². The lowest BCUT2D eigenvalue weighted by Crippen LogP contribution is -2.38. The van der Waals surface area contributed by atoms with Gasteiger partial charge in [0.05, 0.1) is 12.0 Å². The fraction of sp³-hybridized carbons (Fsp3) is 0.455. The van der Waals surface area contributed by atoms with Crippen LogP contribution in [0, 0.1) is 5.41 Å². The Hall–Kier alpha value is -1.00. The zero-order valence-electron chi connectivity index (χ0n) is 8.84. The standard InChI is InChI=1S/C11H15F2NO/c1-10(2,8-15-14)11(12,13)9-6-4-3-5-7-9/h3-7H,8,14H2,1-2H3. The second-order valence-electron chi connectivity index (χ2n) is 4.14. The van der Waals surface area contributed by atoms with Crippen LogP contribution in [0.15, 0.2) is 30.3 Å². The van der Waals surface area contributed by atoms with E-state index in [0.29, 0.717) is 0 Å². The van der Waals surface area contributed by atoms with Gasteiger partial charge >= 0.3 is 0 Å². The lowest BCUT2D eigenvalue weighted by molar-refractivity contribution is -0.144. The van der Waals surface area contributed by atoms with E-state index in [4.69, 9.17) is 5.90 Å². The molecule has 84 valence electrons. The summed E-state index contributed by atoms with van der Waals surface area (Å²) < 4.78 is 28.0. The number of hydrogen-bond acceptors (Lipinski definition) is 2. The summed E-state index contributed by atoms with van der Waals surface area (Å²) in [5.74, 6) is 1.89. The van der Waals surface area contributed by atoms with Crippen molar-refractivity contribution in [3.63, 3.8) is 0 Å². The Kier molecular flexibility index (Phi) is 3.42. The molecule has 1 aromatic carbocycles. The van der Waals surface area contributed by atoms with Crippen molar-refractivity contribution in [2.24, 2.45) is 11.3 Å². The maximum absolute atomic E-state index is 14.0. The molecule has 0 spiro atoms. The van der Waals surface area contributed by atoms with E-state index in [2.05, 4.69) is 4.84 Å². The first-order chi connectivity index (χ1) is 6.92. The Balaban J connectivity index is 3.01. The Morgan fingerprint density at radius 3 is 2.20 bits per heavy atom. The number of rotatable bonds is 4. The van der Waals surface area contributed by atoms with Gasteiger partial charge in [0.15, 0.2) is 0 Å². The molecule has 0 aliphatic rings. The van der Waals surface area contributed by atoms with E-state index in [0.717, 1.165) is 0 Å². The van der Waals surface area contributed by atoms with E-state index in [9.17, 15) is 8.78 Å². The molecule has 0 saturated heterocycles. The predicted octanol–water partition coefficient (Wildman–Crippen LogP) is 2.69. The zero-order chi connectivity index (χ0) is 11.5. The summed E-state index contributed by atoms with van der Waals surface area (Å²) in [6, 6.07) is 7.67. The molecule has 4 heteroatoms. The van der Waals surface area contributed by atoms with Crippen molar-refractivity contribution in [3.8, 4) is 0 Å². The lowest BCUT2D eigenvalue weighted by Gasteiger charge is -2.33. The Morgan fingerprint density at radius 1 is 1.20 bits per heavy atom. The van der Waals surface area contributed by atoms with E-state index >= 15 is 0 Å². The summed E-state index contributed by atoms with van der Waals surface area (Å²) in [4.78, 5) is 4.33. The SMILES string of the molecule is CC(C)(CON)C(F)(F)c1ccccc1. The average molecular weight is 215 g/mol. The Morgan fingerprint density at radius 2 is 1.73 bits per heavy atom. The van der Waals surface area contributed by atoms with Crippen LogP contribution in [0.4, 0.5) is 8.78 Å². The molecule has 0 saturated carbocycles. The molecule has 0 heterocycles. The lowest BCUT2D eigenvalue weighted by atomic mass is 9.82. The smallest absolute Gasteiger partial charge is 0.280 e. The molecule has 1 aromatic rings. The second-order valence-corrected chi connectivity index (χ2v) is 4.14. The maximum atomic E-state index is 14.0. The number of alkyl halides is 2. The van der Waals surface area contributed by atoms with Gasteiger partial charge in [0.2, 0.25) is 0 Å². The van der Waals surface area contributed by atoms with Gasteiger partial charge in [-0.05, 0) is 0 Å². The minimum atomic E-state index is -2.96. The molecule has 0 aliphatic carbocycles. The average Bonchev–Trinajstić information content (AvgIpc) is 2.19. The van der Waals surface area contributed by atoms with E-state index in [1.165, 1.54) is 26.0 Å². The van der Waals surface area contributed by atoms with E-state index in [-0.39, 0.29) is 12.2 Å². The highest BCUT2D eigenvalue weighted by molar-refractivity contribution is 5.22. The van der Waals surface area contributed by atoms with Gasteiger partial charge in [-0.1, -0.05) is 44.2 Å². The third-order valence-electron chi connectivity index (χ3n) is 2.43. The fourth-order valence-corrected chi connectivity index (χ4v) is 1.34. The Labute approximate surface area is 88.0 Å². The van der Waals surface area contributed by atoms with Crippen molar-refractivity contribution in [1.29, 1.82) is 0 Å². The molecule has 0 aromatic heterocycles. The van der Waals surface area contributed by atoms with Crippen molar-refractivity contribution < 1.29 is 13.6 Å². The number of halogens is 2. The van der Waals surface area contributed by atoms with Crippen molar-refractivity contribution >= 4 is 0 Å². The van der Waals surface area contributed by atoms with E-state index < -0.39 is 11.3 Å². The first-order valence-electron chi connectivity index (χ1n) is 4.67. The van der Waals surface area contributed by atoms with Gasteiger partial charge in [-0.3, -0.25) is 0 Å². The summed E-state index contributed by atoms with van der Waals surface area (Å²) in [5, 5.41) is 0. The third-order valence-corrected chi connectivity index (χ3v) is 2.43. The molecule has 0 bridgehead atoms. The number of hydrogen-bond donors (Lipinski definition) is 1. The van der Waals surface area contributed by atoms with Crippen molar-refractivity contribution in [1.82, 2.24) is 0 Å². The summed E-state index contributed by atoms with van der Waals surface area (Å²) in [6.45, 7) is 2.65. The monoisotopic (exact) mass is 215 g/mol. The molecule has 0 fully saturated rings. The highest BCUT2D eigenvalue weighted by Crippen LogP contribution is 2.44. The number of nitrogens with two attached hydrogens (primary N) is 1. The minimum absolute atomic E-state index is 0.0212. The van der Waals surface area contributed by atoms with Gasteiger partial charge in [0.1, 0.15) is 0 Å². The number of benzene rings is 1. The third kappa shape index (κ3) is 2.33. The quantitative estimate of drug-likeness (QED) is 0.784. The van der Waals surface area contributed by atoms with Gasteiger partial charge in [0.25, 0.3) is 5.92 Å². The summed E-state index contributed by atoms with van der Waals surface area (Å²) in [6.07, 6.45) is 0. The van der Waals surface area contributed by atoms with Gasteiger partial charge in [-0.2, -0.15) is 0 Å². The molecular formula is C11H15F2NO. The summed E-state index contributed by atoms with van der Waals surface area (Å²) in [7, 11) is 0. The molecule has 15 heavy (non-hydrogen) atoms. The van der Waals surface area contributed by atoms with Crippen molar-refractivity contribution in [2.75, 3.05) is 6.61 Å². The fourth-order valence-electron chi connectivity index (χ4n) is 1.34. The van der Waals surface area contributed by atoms with Gasteiger partial charge in [-0.15, -0.1) is 0 Å². The molecule has 0 radical (unpaired) electrons. The van der Waals surface area contributed by atoms with Crippen LogP contribution in [0.2, 0.25) is 0 Å². The van der Waals surface area contributed by atoms with Crippen LogP contribution in [0.1, 0.15) is 19.4 Å². The molecule has 0 aliphatic heterocycles. The van der Waals surface area contributed by atoms with Crippen LogP contribution in [0.5, 0.6) is 0 Å². The molecule has 2 N–H and O–H groups in total. The van der Waals surface area contributed by atoms with Gasteiger partial charge in [-0.25, -0.2) is 14.7 Å². The van der Waals surface area contributed by atoms with Crippen molar-refractivity contribution in [3.05, 3.63) is 35.9 Å². The largest absolute Gasteiger partial charge is 0.304 e. The normalized spacial score (nSPS) is 12.9. The molecule has 2 nitrogen and oxygen atoms in total. The van der Waals surface area contributed by atoms with Crippen LogP contribution in [-0.4, -0.2) is 6.61 Å². The predicted molar refractivity (Wildman–Crippen MR) is 54.3 cm³/mol. The zero-order valence-corrected chi connectivity index (χ0v) is 8.84. The van der Waals surface area contributed by atoms with Gasteiger partial charge in [0, 0.05) is 5.56 Å². The molecule has 0 amide bonds. The highest BCUT2D eigenvalue weighted by atomic mass is 19.3. The Bertz CT molecular complexity index is 312. The summed E-state index contributed by atoms with van der Waals surface area (Å²) >= 11 is 0. The summed E-state index contributed by atoms with van der Waals surface area (Å²) in [5.41, 5.74) is -1.35. The van der Waals surface area contributed by atoms with E-state index in [1.54, 1.807) is 18.2 Å². The van der Waals surface area contributed by atoms with Crippen LogP contribution < -0.4 is 5.90 Å². The van der Waals surface area contributed by atoms with Crippen LogP contribution in [-0.2, 0) is 10.8 Å². The maximum Gasteiger partial charge on any atom is 0.280 e. The molecule has 0 atom stereocenters. The minimum Gasteiger partial charge on any atom is -0.304 e. The van der Waals surface area contributed by atoms with E-state index in [1.807, 2.05) is 0 Å². The van der Waals surface area contributed by atoms with Crippen LogP contribution in [0.25, 0.3) is 0 Å². The van der Waals surface area contributed by atoms with Crippen molar-refractivity contribution in [2.45, 2.75) is 19.8 Å². The van der Waals surface area contributed by atoms with Crippen LogP contribution in [0.3, 0.4) is 0 Å². The second kappa shape index (κ2) is 4.24.